The monoisotopic (exact) mass is 207 g/mol. The van der Waals surface area contributed by atoms with E-state index in [1.165, 1.54) is 11.3 Å². The van der Waals surface area contributed by atoms with E-state index in [1.54, 1.807) is 0 Å². The van der Waals surface area contributed by atoms with Crippen LogP contribution < -0.4 is 5.73 Å². The summed E-state index contributed by atoms with van der Waals surface area (Å²) in [6.45, 7) is 0.279. The van der Waals surface area contributed by atoms with Gasteiger partial charge in [0, 0.05) is 21.5 Å². The third-order valence-corrected chi connectivity index (χ3v) is 3.26. The van der Waals surface area contributed by atoms with Crippen LogP contribution in [0.2, 0.25) is 0 Å². The Hall–Kier alpha value is -1.39. The summed E-state index contributed by atoms with van der Waals surface area (Å²) < 4.78 is 0.977. The minimum atomic E-state index is -0.900. The van der Waals surface area contributed by atoms with Gasteiger partial charge >= 0.3 is 5.97 Å². The molecule has 0 spiro atoms. The Morgan fingerprint density at radius 1 is 1.43 bits per heavy atom. The molecule has 0 amide bonds. The van der Waals surface area contributed by atoms with E-state index in [9.17, 15) is 4.79 Å². The van der Waals surface area contributed by atoms with Gasteiger partial charge in [0.15, 0.2) is 0 Å². The van der Waals surface area contributed by atoms with Crippen molar-refractivity contribution in [3.8, 4) is 0 Å². The van der Waals surface area contributed by atoms with Gasteiger partial charge in [-0.2, -0.15) is 0 Å². The molecule has 3 N–H and O–H groups in total. The number of benzene rings is 1. The fourth-order valence-corrected chi connectivity index (χ4v) is 2.55. The number of hydrogen-bond donors (Lipinski definition) is 2. The molecule has 0 unspecified atom stereocenters. The lowest BCUT2D eigenvalue weighted by Crippen LogP contribution is -2.03. The highest BCUT2D eigenvalue weighted by Crippen LogP contribution is 2.30. The van der Waals surface area contributed by atoms with E-state index in [1.807, 2.05) is 24.3 Å². The molecule has 1 heterocycles. The molecule has 3 nitrogen and oxygen atoms in total. The zero-order valence-electron chi connectivity index (χ0n) is 7.36. The van der Waals surface area contributed by atoms with Gasteiger partial charge < -0.3 is 10.8 Å². The number of carboxylic acid groups (broad SMARTS) is 1. The highest BCUT2D eigenvalue weighted by molar-refractivity contribution is 7.19. The first-order chi connectivity index (χ1) is 6.74. The smallest absolute Gasteiger partial charge is 0.337 e. The number of fused-ring (bicyclic) bond motifs is 1. The van der Waals surface area contributed by atoms with E-state index in [-0.39, 0.29) is 6.54 Å². The van der Waals surface area contributed by atoms with Crippen molar-refractivity contribution in [1.82, 2.24) is 0 Å². The number of rotatable bonds is 2. The molecule has 1 aromatic heterocycles. The van der Waals surface area contributed by atoms with Crippen LogP contribution in [0.4, 0.5) is 0 Å². The fraction of sp³-hybridized carbons (Fsp3) is 0.100. The number of carbonyl (C=O) groups is 1. The minimum Gasteiger partial charge on any atom is -0.478 e. The van der Waals surface area contributed by atoms with Gasteiger partial charge in [-0.3, -0.25) is 0 Å². The average Bonchev–Trinajstić information content (AvgIpc) is 2.55. The second kappa shape index (κ2) is 3.40. The first-order valence-corrected chi connectivity index (χ1v) is 4.99. The van der Waals surface area contributed by atoms with Crippen molar-refractivity contribution in [2.45, 2.75) is 6.54 Å². The maximum absolute atomic E-state index is 11.0. The largest absolute Gasteiger partial charge is 0.478 e. The normalized spacial score (nSPS) is 10.6. The van der Waals surface area contributed by atoms with Crippen LogP contribution in [0.1, 0.15) is 15.2 Å². The zero-order valence-corrected chi connectivity index (χ0v) is 8.17. The fourth-order valence-electron chi connectivity index (χ4n) is 1.47. The summed E-state index contributed by atoms with van der Waals surface area (Å²) in [5.41, 5.74) is 5.85. The number of carboxylic acids is 1. The second-order valence-corrected chi connectivity index (χ2v) is 4.04. The van der Waals surface area contributed by atoms with E-state index >= 15 is 0 Å². The van der Waals surface area contributed by atoms with Gasteiger partial charge in [0.1, 0.15) is 0 Å². The maximum Gasteiger partial charge on any atom is 0.337 e. The molecular weight excluding hydrogens is 198 g/mol. The zero-order chi connectivity index (χ0) is 10.1. The average molecular weight is 207 g/mol. The standard InChI is InChI=1S/C10H9NO2S/c11-5-8-9(10(12)13)6-3-1-2-4-7(6)14-8/h1-4H,5,11H2,(H,12,13). The molecule has 0 radical (unpaired) electrons. The quantitative estimate of drug-likeness (QED) is 0.792. The van der Waals surface area contributed by atoms with Gasteiger partial charge in [-0.1, -0.05) is 18.2 Å². The third kappa shape index (κ3) is 1.29. The Kier molecular flexibility index (Phi) is 2.23. The molecule has 0 atom stereocenters. The lowest BCUT2D eigenvalue weighted by molar-refractivity contribution is 0.0698. The van der Waals surface area contributed by atoms with Crippen LogP contribution in [0.15, 0.2) is 24.3 Å². The highest BCUT2D eigenvalue weighted by Gasteiger charge is 2.16. The summed E-state index contributed by atoms with van der Waals surface area (Å²) in [6.07, 6.45) is 0. The SMILES string of the molecule is NCc1sc2ccccc2c1C(=O)O. The van der Waals surface area contributed by atoms with E-state index in [2.05, 4.69) is 0 Å². The van der Waals surface area contributed by atoms with Crippen molar-refractivity contribution in [1.29, 1.82) is 0 Å². The van der Waals surface area contributed by atoms with Crippen LogP contribution in [0.25, 0.3) is 10.1 Å². The molecule has 2 rings (SSSR count). The van der Waals surface area contributed by atoms with E-state index in [0.717, 1.165) is 15.0 Å². The van der Waals surface area contributed by atoms with Crippen LogP contribution in [0, 0.1) is 0 Å². The van der Waals surface area contributed by atoms with Crippen molar-refractivity contribution in [2.24, 2.45) is 5.73 Å². The number of thiophene rings is 1. The van der Waals surface area contributed by atoms with Gasteiger partial charge in [0.05, 0.1) is 5.56 Å². The topological polar surface area (TPSA) is 63.3 Å². The van der Waals surface area contributed by atoms with Gasteiger partial charge in [-0.05, 0) is 6.07 Å². The molecule has 0 saturated carbocycles. The molecule has 2 aromatic rings. The Morgan fingerprint density at radius 2 is 2.14 bits per heavy atom. The summed E-state index contributed by atoms with van der Waals surface area (Å²) in [6, 6.07) is 7.45. The van der Waals surface area contributed by atoms with Gasteiger partial charge in [-0.15, -0.1) is 11.3 Å². The number of hydrogen-bond acceptors (Lipinski definition) is 3. The summed E-state index contributed by atoms with van der Waals surface area (Å²) in [5, 5.41) is 9.82. The van der Waals surface area contributed by atoms with Gasteiger partial charge in [0.2, 0.25) is 0 Å². The molecule has 72 valence electrons. The Bertz CT molecular complexity index is 490. The Morgan fingerprint density at radius 3 is 2.79 bits per heavy atom. The van der Waals surface area contributed by atoms with Crippen molar-refractivity contribution < 1.29 is 9.90 Å². The van der Waals surface area contributed by atoms with Crippen molar-refractivity contribution >= 4 is 27.4 Å². The van der Waals surface area contributed by atoms with Crippen LogP contribution >= 0.6 is 11.3 Å². The molecule has 0 bridgehead atoms. The van der Waals surface area contributed by atoms with Crippen LogP contribution in [-0.2, 0) is 6.54 Å². The maximum atomic E-state index is 11.0. The summed E-state index contributed by atoms with van der Waals surface area (Å²) in [7, 11) is 0. The third-order valence-electron chi connectivity index (χ3n) is 2.07. The first-order valence-electron chi connectivity index (χ1n) is 4.18. The Labute approximate surface area is 84.8 Å². The molecular formula is C10H9NO2S. The summed E-state index contributed by atoms with van der Waals surface area (Å²) >= 11 is 1.45. The second-order valence-electron chi connectivity index (χ2n) is 2.91. The lowest BCUT2D eigenvalue weighted by Gasteiger charge is -1.94. The van der Waals surface area contributed by atoms with E-state index in [4.69, 9.17) is 10.8 Å². The van der Waals surface area contributed by atoms with Crippen LogP contribution in [0.5, 0.6) is 0 Å². The predicted molar refractivity (Wildman–Crippen MR) is 56.7 cm³/mol. The Balaban J connectivity index is 2.81. The predicted octanol–water partition coefficient (Wildman–Crippen LogP) is 2.06. The van der Waals surface area contributed by atoms with E-state index in [0.29, 0.717) is 5.56 Å². The molecule has 0 aliphatic heterocycles. The molecule has 4 heteroatoms. The first kappa shape index (κ1) is 9.18. The summed E-state index contributed by atoms with van der Waals surface area (Å²) in [5.74, 6) is -0.900. The number of aromatic carboxylic acids is 1. The number of nitrogens with two attached hydrogens (primary N) is 1. The molecule has 0 fully saturated rings. The molecule has 0 aliphatic rings. The van der Waals surface area contributed by atoms with Gasteiger partial charge in [0.25, 0.3) is 0 Å². The van der Waals surface area contributed by atoms with Crippen molar-refractivity contribution in [2.75, 3.05) is 0 Å². The van der Waals surface area contributed by atoms with Crippen molar-refractivity contribution in [3.63, 3.8) is 0 Å². The van der Waals surface area contributed by atoms with Gasteiger partial charge in [-0.25, -0.2) is 4.79 Å². The molecule has 1 aromatic carbocycles. The minimum absolute atomic E-state index is 0.279. The highest BCUT2D eigenvalue weighted by atomic mass is 32.1. The van der Waals surface area contributed by atoms with E-state index < -0.39 is 5.97 Å². The summed E-state index contributed by atoms with van der Waals surface area (Å²) in [4.78, 5) is 11.7. The van der Waals surface area contributed by atoms with Crippen molar-refractivity contribution in [3.05, 3.63) is 34.7 Å². The molecule has 14 heavy (non-hydrogen) atoms. The lowest BCUT2D eigenvalue weighted by atomic mass is 10.1. The molecule has 0 aliphatic carbocycles. The van der Waals surface area contributed by atoms with Crippen LogP contribution in [-0.4, -0.2) is 11.1 Å². The van der Waals surface area contributed by atoms with Crippen LogP contribution in [0.3, 0.4) is 0 Å². The molecule has 0 saturated heterocycles.